The molecule has 2 N–H and O–H groups in total. The van der Waals surface area contributed by atoms with Gasteiger partial charge in [-0.05, 0) is 31.9 Å². The Morgan fingerprint density at radius 1 is 1.52 bits per heavy atom. The fourth-order valence-corrected chi connectivity index (χ4v) is 2.26. The quantitative estimate of drug-likeness (QED) is 0.643. The van der Waals surface area contributed by atoms with Crippen molar-refractivity contribution in [2.24, 2.45) is 0 Å². The summed E-state index contributed by atoms with van der Waals surface area (Å²) in [5.74, 6) is -1.42. The minimum absolute atomic E-state index is 0. The molecule has 1 aliphatic heterocycles. The van der Waals surface area contributed by atoms with Gasteiger partial charge in [-0.1, -0.05) is 0 Å². The number of nitro groups is 1. The summed E-state index contributed by atoms with van der Waals surface area (Å²) >= 11 is 0. The molecule has 1 amide bonds. The molecule has 0 unspecified atom stereocenters. The van der Waals surface area contributed by atoms with Gasteiger partial charge in [0.1, 0.15) is 5.82 Å². The highest BCUT2D eigenvalue weighted by molar-refractivity contribution is 5.94. The van der Waals surface area contributed by atoms with E-state index in [2.05, 4.69) is 10.6 Å². The van der Waals surface area contributed by atoms with Crippen LogP contribution in [0.2, 0.25) is 0 Å². The average Bonchev–Trinajstić information content (AvgIpc) is 2.91. The molecule has 1 fully saturated rings. The Kier molecular flexibility index (Phi) is 6.51. The second kappa shape index (κ2) is 7.90. The molecule has 1 aromatic rings. The van der Waals surface area contributed by atoms with E-state index >= 15 is 0 Å². The minimum Gasteiger partial charge on any atom is -0.352 e. The number of nitrogens with one attached hydrogen (secondary N) is 2. The van der Waals surface area contributed by atoms with Gasteiger partial charge in [0.05, 0.1) is 16.6 Å². The lowest BCUT2D eigenvalue weighted by Gasteiger charge is -2.11. The number of rotatable bonds is 5. The van der Waals surface area contributed by atoms with Crippen LogP contribution in [0.1, 0.15) is 29.6 Å². The van der Waals surface area contributed by atoms with Crippen LogP contribution in [0.5, 0.6) is 0 Å². The number of hydrogen-bond donors (Lipinski definition) is 2. The van der Waals surface area contributed by atoms with Crippen molar-refractivity contribution >= 4 is 24.0 Å². The van der Waals surface area contributed by atoms with Crippen molar-refractivity contribution in [3.63, 3.8) is 0 Å². The Hall–Kier alpha value is -1.73. The minimum atomic E-state index is -0.879. The standard InChI is InChI=1S/C13H16FN3O3.ClH/c14-12-8-10(17(19)20)3-4-11(12)13(18)16-7-5-9-2-1-6-15-9;/h3-4,8-9,15H,1-2,5-7H2,(H,16,18);1H/t9-;/m1./s1. The second-order valence-corrected chi connectivity index (χ2v) is 4.76. The smallest absolute Gasteiger partial charge is 0.272 e. The molecule has 1 atom stereocenters. The van der Waals surface area contributed by atoms with Crippen molar-refractivity contribution in [2.45, 2.75) is 25.3 Å². The van der Waals surface area contributed by atoms with Crippen LogP contribution in [0, 0.1) is 15.9 Å². The van der Waals surface area contributed by atoms with Gasteiger partial charge >= 0.3 is 0 Å². The normalized spacial score (nSPS) is 17.1. The largest absolute Gasteiger partial charge is 0.352 e. The van der Waals surface area contributed by atoms with Gasteiger partial charge < -0.3 is 10.6 Å². The molecule has 0 spiro atoms. The molecule has 0 saturated carbocycles. The number of halogens is 2. The number of nitrogens with zero attached hydrogens (tertiary/aromatic N) is 1. The topological polar surface area (TPSA) is 84.3 Å². The molecule has 0 aromatic heterocycles. The molecule has 1 aliphatic rings. The molecular weight excluding hydrogens is 301 g/mol. The summed E-state index contributed by atoms with van der Waals surface area (Å²) in [7, 11) is 0. The maximum Gasteiger partial charge on any atom is 0.272 e. The van der Waals surface area contributed by atoms with Crippen molar-refractivity contribution < 1.29 is 14.1 Å². The Balaban J connectivity index is 0.00000220. The first-order valence-corrected chi connectivity index (χ1v) is 6.53. The third kappa shape index (κ3) is 4.64. The van der Waals surface area contributed by atoms with Gasteiger partial charge in [0.2, 0.25) is 0 Å². The number of nitro benzene ring substituents is 1. The SMILES string of the molecule is Cl.O=C(NCC[C@H]1CCCN1)c1ccc([N+](=O)[O-])cc1F. The Bertz CT molecular complexity index is 521. The maximum absolute atomic E-state index is 13.6. The van der Waals surface area contributed by atoms with Gasteiger partial charge in [0, 0.05) is 18.7 Å². The molecule has 116 valence electrons. The summed E-state index contributed by atoms with van der Waals surface area (Å²) in [6, 6.07) is 3.41. The summed E-state index contributed by atoms with van der Waals surface area (Å²) in [4.78, 5) is 21.6. The van der Waals surface area contributed by atoms with Crippen LogP contribution in [0.15, 0.2) is 18.2 Å². The summed E-state index contributed by atoms with van der Waals surface area (Å²) in [5, 5.41) is 16.4. The van der Waals surface area contributed by atoms with Gasteiger partial charge in [-0.2, -0.15) is 0 Å². The van der Waals surface area contributed by atoms with Crippen molar-refractivity contribution in [3.8, 4) is 0 Å². The molecule has 1 heterocycles. The summed E-state index contributed by atoms with van der Waals surface area (Å²) in [5.41, 5.74) is -0.538. The summed E-state index contributed by atoms with van der Waals surface area (Å²) in [6.07, 6.45) is 3.01. The fraction of sp³-hybridized carbons (Fsp3) is 0.462. The zero-order valence-electron chi connectivity index (χ0n) is 11.3. The number of hydrogen-bond acceptors (Lipinski definition) is 4. The first-order valence-electron chi connectivity index (χ1n) is 6.53. The molecule has 2 rings (SSSR count). The molecular formula is C13H17ClFN3O3. The number of carbonyl (C=O) groups excluding carboxylic acids is 1. The second-order valence-electron chi connectivity index (χ2n) is 4.76. The number of benzene rings is 1. The molecule has 0 aliphatic carbocycles. The zero-order valence-corrected chi connectivity index (χ0v) is 12.1. The van der Waals surface area contributed by atoms with E-state index in [9.17, 15) is 19.3 Å². The maximum atomic E-state index is 13.6. The van der Waals surface area contributed by atoms with E-state index in [0.717, 1.165) is 44.0 Å². The van der Waals surface area contributed by atoms with E-state index in [4.69, 9.17) is 0 Å². The lowest BCUT2D eigenvalue weighted by molar-refractivity contribution is -0.385. The fourth-order valence-electron chi connectivity index (χ4n) is 2.26. The third-order valence-corrected chi connectivity index (χ3v) is 3.35. The van der Waals surface area contributed by atoms with E-state index < -0.39 is 16.6 Å². The lowest BCUT2D eigenvalue weighted by Crippen LogP contribution is -2.31. The highest BCUT2D eigenvalue weighted by atomic mass is 35.5. The van der Waals surface area contributed by atoms with Crippen LogP contribution in [-0.2, 0) is 0 Å². The Morgan fingerprint density at radius 3 is 2.86 bits per heavy atom. The van der Waals surface area contributed by atoms with Crippen LogP contribution in [0.4, 0.5) is 10.1 Å². The predicted octanol–water partition coefficient (Wildman–Crippen LogP) is 2.03. The van der Waals surface area contributed by atoms with Gasteiger partial charge in [0.15, 0.2) is 0 Å². The lowest BCUT2D eigenvalue weighted by atomic mass is 10.1. The van der Waals surface area contributed by atoms with Gasteiger partial charge in [-0.3, -0.25) is 14.9 Å². The van der Waals surface area contributed by atoms with Gasteiger partial charge in [0.25, 0.3) is 11.6 Å². The monoisotopic (exact) mass is 317 g/mol. The molecule has 0 radical (unpaired) electrons. The van der Waals surface area contributed by atoms with Gasteiger partial charge in [-0.25, -0.2) is 4.39 Å². The van der Waals surface area contributed by atoms with Crippen LogP contribution < -0.4 is 10.6 Å². The van der Waals surface area contributed by atoms with E-state index in [-0.39, 0.29) is 23.7 Å². The van der Waals surface area contributed by atoms with Crippen LogP contribution in [0.25, 0.3) is 0 Å². The van der Waals surface area contributed by atoms with Crippen LogP contribution in [-0.4, -0.2) is 30.0 Å². The van der Waals surface area contributed by atoms with Crippen LogP contribution in [0.3, 0.4) is 0 Å². The van der Waals surface area contributed by atoms with E-state index in [0.29, 0.717) is 12.6 Å². The molecule has 1 saturated heterocycles. The molecule has 8 heteroatoms. The molecule has 1 aromatic carbocycles. The zero-order chi connectivity index (χ0) is 14.5. The third-order valence-electron chi connectivity index (χ3n) is 3.35. The highest BCUT2D eigenvalue weighted by Gasteiger charge is 2.17. The van der Waals surface area contributed by atoms with Crippen molar-refractivity contribution in [1.82, 2.24) is 10.6 Å². The molecule has 21 heavy (non-hydrogen) atoms. The van der Waals surface area contributed by atoms with Crippen LogP contribution >= 0.6 is 12.4 Å². The van der Waals surface area contributed by atoms with Crippen molar-refractivity contribution in [2.75, 3.05) is 13.1 Å². The van der Waals surface area contributed by atoms with Crippen molar-refractivity contribution in [1.29, 1.82) is 0 Å². The van der Waals surface area contributed by atoms with Gasteiger partial charge in [-0.15, -0.1) is 12.4 Å². The summed E-state index contributed by atoms with van der Waals surface area (Å²) in [6.45, 7) is 1.45. The molecule has 6 nitrogen and oxygen atoms in total. The van der Waals surface area contributed by atoms with E-state index in [1.165, 1.54) is 0 Å². The van der Waals surface area contributed by atoms with Crippen molar-refractivity contribution in [3.05, 3.63) is 39.7 Å². The number of non-ortho nitro benzene ring substituents is 1. The average molecular weight is 318 g/mol. The Morgan fingerprint density at radius 2 is 2.29 bits per heavy atom. The van der Waals surface area contributed by atoms with E-state index in [1.54, 1.807) is 0 Å². The molecule has 0 bridgehead atoms. The first kappa shape index (κ1) is 17.3. The highest BCUT2D eigenvalue weighted by Crippen LogP contribution is 2.16. The predicted molar refractivity (Wildman–Crippen MR) is 78.3 cm³/mol. The first-order chi connectivity index (χ1) is 9.58. The van der Waals surface area contributed by atoms with E-state index in [1.807, 2.05) is 0 Å². The number of amides is 1. The number of carbonyl (C=O) groups is 1. The summed E-state index contributed by atoms with van der Waals surface area (Å²) < 4.78 is 13.6. The Labute approximate surface area is 127 Å².